The third-order valence-corrected chi connectivity index (χ3v) is 2.95. The predicted octanol–water partition coefficient (Wildman–Crippen LogP) is 2.51. The zero-order valence-corrected chi connectivity index (χ0v) is 11.3. The second kappa shape index (κ2) is 6.80. The zero-order valence-electron chi connectivity index (χ0n) is 11.3. The Morgan fingerprint density at radius 2 is 2.17 bits per heavy atom. The maximum Gasteiger partial charge on any atom is 0.220 e. The first kappa shape index (κ1) is 14.2. The fraction of sp³-hybridized carbons (Fsp3) is 0.467. The van der Waals surface area contributed by atoms with Crippen LogP contribution in [0.5, 0.6) is 0 Å². The van der Waals surface area contributed by atoms with Gasteiger partial charge in [-0.15, -0.1) is 0 Å². The summed E-state index contributed by atoms with van der Waals surface area (Å²) in [6.45, 7) is 6.36. The summed E-state index contributed by atoms with van der Waals surface area (Å²) in [5, 5.41) is 11.4. The van der Waals surface area contributed by atoms with Gasteiger partial charge in [-0.25, -0.2) is 0 Å². The number of amides is 1. The van der Waals surface area contributed by atoms with Crippen LogP contribution in [0.3, 0.4) is 0 Å². The number of aryl methyl sites for hydroxylation is 3. The van der Waals surface area contributed by atoms with Gasteiger partial charge >= 0.3 is 0 Å². The van der Waals surface area contributed by atoms with Gasteiger partial charge < -0.3 is 5.32 Å². The minimum Gasteiger partial charge on any atom is -0.355 e. The number of rotatable bonds is 5. The summed E-state index contributed by atoms with van der Waals surface area (Å²) in [5.41, 5.74) is 3.68. The van der Waals surface area contributed by atoms with Crippen LogP contribution in [0.4, 0.5) is 0 Å². The van der Waals surface area contributed by atoms with Gasteiger partial charge in [0.25, 0.3) is 0 Å². The lowest BCUT2D eigenvalue weighted by atomic mass is 10.0. The quantitative estimate of drug-likeness (QED) is 0.865. The van der Waals surface area contributed by atoms with E-state index in [1.165, 1.54) is 16.7 Å². The smallest absolute Gasteiger partial charge is 0.220 e. The van der Waals surface area contributed by atoms with Gasteiger partial charge in [0.1, 0.15) is 0 Å². The van der Waals surface area contributed by atoms with Crippen LogP contribution >= 0.6 is 0 Å². The Hall–Kier alpha value is -1.82. The maximum atomic E-state index is 11.6. The fourth-order valence-electron chi connectivity index (χ4n) is 1.78. The molecule has 0 saturated carbocycles. The van der Waals surface area contributed by atoms with Gasteiger partial charge in [-0.05, 0) is 38.3 Å². The highest BCUT2D eigenvalue weighted by Gasteiger charge is 2.06. The number of hydrogen-bond acceptors (Lipinski definition) is 2. The van der Waals surface area contributed by atoms with Gasteiger partial charge in [0, 0.05) is 13.0 Å². The number of carbonyl (C=O) groups is 1. The Morgan fingerprint density at radius 3 is 2.78 bits per heavy atom. The van der Waals surface area contributed by atoms with E-state index in [0.717, 1.165) is 6.42 Å². The zero-order chi connectivity index (χ0) is 13.5. The van der Waals surface area contributed by atoms with Crippen LogP contribution < -0.4 is 5.32 Å². The van der Waals surface area contributed by atoms with Crippen LogP contribution in [0.2, 0.25) is 0 Å². The van der Waals surface area contributed by atoms with Crippen LogP contribution in [-0.2, 0) is 11.2 Å². The molecule has 0 radical (unpaired) electrons. The van der Waals surface area contributed by atoms with Crippen LogP contribution in [0.15, 0.2) is 18.2 Å². The standard InChI is InChI=1S/C15H20N2O/c1-11-4-5-14(13(3)8-11)6-7-15(18)17-10-12(2)9-16/h4-5,8,12H,6-7,10H2,1-3H3,(H,17,18)/t12-/m1/s1. The van der Waals surface area contributed by atoms with E-state index in [4.69, 9.17) is 5.26 Å². The molecule has 3 nitrogen and oxygen atoms in total. The van der Waals surface area contributed by atoms with Crippen molar-refractivity contribution in [2.24, 2.45) is 5.92 Å². The fourth-order valence-corrected chi connectivity index (χ4v) is 1.78. The first-order chi connectivity index (χ1) is 8.52. The van der Waals surface area contributed by atoms with Crippen LogP contribution in [-0.4, -0.2) is 12.5 Å². The molecule has 3 heteroatoms. The highest BCUT2D eigenvalue weighted by Crippen LogP contribution is 2.12. The van der Waals surface area contributed by atoms with E-state index in [2.05, 4.69) is 43.4 Å². The van der Waals surface area contributed by atoms with Crippen LogP contribution in [0, 0.1) is 31.1 Å². The molecule has 1 atom stereocenters. The summed E-state index contributed by atoms with van der Waals surface area (Å²) in [4.78, 5) is 11.6. The predicted molar refractivity (Wildman–Crippen MR) is 72.0 cm³/mol. The molecule has 0 unspecified atom stereocenters. The van der Waals surface area contributed by atoms with E-state index in [1.807, 2.05) is 0 Å². The molecule has 1 aromatic rings. The van der Waals surface area contributed by atoms with Crippen LogP contribution in [0.1, 0.15) is 30.0 Å². The molecule has 0 spiro atoms. The van der Waals surface area contributed by atoms with Crippen molar-refractivity contribution in [3.8, 4) is 6.07 Å². The van der Waals surface area contributed by atoms with Crippen molar-refractivity contribution >= 4 is 5.91 Å². The van der Waals surface area contributed by atoms with E-state index in [9.17, 15) is 4.79 Å². The average Bonchev–Trinajstić information content (AvgIpc) is 2.34. The van der Waals surface area contributed by atoms with E-state index in [0.29, 0.717) is 13.0 Å². The normalized spacial score (nSPS) is 11.7. The Morgan fingerprint density at radius 1 is 1.44 bits per heavy atom. The first-order valence-corrected chi connectivity index (χ1v) is 6.25. The van der Waals surface area contributed by atoms with E-state index < -0.39 is 0 Å². The summed E-state index contributed by atoms with van der Waals surface area (Å²) < 4.78 is 0. The molecular formula is C15H20N2O. The molecule has 1 amide bonds. The van der Waals surface area contributed by atoms with Gasteiger partial charge in [-0.1, -0.05) is 23.8 Å². The molecule has 0 aliphatic rings. The largest absolute Gasteiger partial charge is 0.355 e. The highest BCUT2D eigenvalue weighted by atomic mass is 16.1. The number of carbonyl (C=O) groups excluding carboxylic acids is 1. The van der Waals surface area contributed by atoms with Crippen molar-refractivity contribution in [3.63, 3.8) is 0 Å². The summed E-state index contributed by atoms with van der Waals surface area (Å²) in [7, 11) is 0. The molecule has 0 bridgehead atoms. The number of nitrogens with zero attached hydrogens (tertiary/aromatic N) is 1. The molecule has 1 aromatic carbocycles. The second-order valence-electron chi connectivity index (χ2n) is 4.76. The molecule has 0 aliphatic heterocycles. The van der Waals surface area contributed by atoms with Gasteiger partial charge in [0.2, 0.25) is 5.91 Å². The molecule has 0 aromatic heterocycles. The molecule has 0 aliphatic carbocycles. The number of nitrogens with one attached hydrogen (secondary N) is 1. The Balaban J connectivity index is 2.41. The van der Waals surface area contributed by atoms with E-state index in [1.54, 1.807) is 6.92 Å². The third-order valence-electron chi connectivity index (χ3n) is 2.95. The van der Waals surface area contributed by atoms with Crippen LogP contribution in [0.25, 0.3) is 0 Å². The lowest BCUT2D eigenvalue weighted by Crippen LogP contribution is -2.27. The molecule has 96 valence electrons. The number of hydrogen-bond donors (Lipinski definition) is 1. The average molecular weight is 244 g/mol. The van der Waals surface area contributed by atoms with E-state index in [-0.39, 0.29) is 11.8 Å². The monoisotopic (exact) mass is 244 g/mol. The summed E-state index contributed by atoms with van der Waals surface area (Å²) in [5.74, 6) is -0.118. The lowest BCUT2D eigenvalue weighted by Gasteiger charge is -2.08. The SMILES string of the molecule is Cc1ccc(CCC(=O)NC[C@H](C)C#N)c(C)c1. The number of benzene rings is 1. The Bertz CT molecular complexity index is 460. The lowest BCUT2D eigenvalue weighted by molar-refractivity contribution is -0.121. The van der Waals surface area contributed by atoms with Gasteiger partial charge in [-0.2, -0.15) is 5.26 Å². The molecule has 18 heavy (non-hydrogen) atoms. The molecule has 0 heterocycles. The second-order valence-corrected chi connectivity index (χ2v) is 4.76. The molecule has 0 fully saturated rings. The van der Waals surface area contributed by atoms with E-state index >= 15 is 0 Å². The topological polar surface area (TPSA) is 52.9 Å². The van der Waals surface area contributed by atoms with Gasteiger partial charge in [-0.3, -0.25) is 4.79 Å². The first-order valence-electron chi connectivity index (χ1n) is 6.25. The Kier molecular flexibility index (Phi) is 5.38. The molecule has 1 rings (SSSR count). The summed E-state index contributed by atoms with van der Waals surface area (Å²) in [6, 6.07) is 8.37. The number of nitriles is 1. The molecule has 0 saturated heterocycles. The summed E-state index contributed by atoms with van der Waals surface area (Å²) >= 11 is 0. The molecular weight excluding hydrogens is 224 g/mol. The highest BCUT2D eigenvalue weighted by molar-refractivity contribution is 5.76. The van der Waals surface area contributed by atoms with Crippen molar-refractivity contribution in [1.82, 2.24) is 5.32 Å². The third kappa shape index (κ3) is 4.58. The Labute approximate surface area is 109 Å². The minimum atomic E-state index is -0.130. The summed E-state index contributed by atoms with van der Waals surface area (Å²) in [6.07, 6.45) is 1.22. The van der Waals surface area contributed by atoms with Crippen molar-refractivity contribution in [1.29, 1.82) is 5.26 Å². The molecule has 1 N–H and O–H groups in total. The van der Waals surface area contributed by atoms with Crippen molar-refractivity contribution in [2.75, 3.05) is 6.54 Å². The van der Waals surface area contributed by atoms with Gasteiger partial charge in [0.15, 0.2) is 0 Å². The van der Waals surface area contributed by atoms with Crippen molar-refractivity contribution < 1.29 is 4.79 Å². The van der Waals surface area contributed by atoms with Gasteiger partial charge in [0.05, 0.1) is 12.0 Å². The maximum absolute atomic E-state index is 11.6. The van der Waals surface area contributed by atoms with Crippen molar-refractivity contribution in [2.45, 2.75) is 33.6 Å². The van der Waals surface area contributed by atoms with Crippen molar-refractivity contribution in [3.05, 3.63) is 34.9 Å². The minimum absolute atomic E-state index is 0.0112.